The third kappa shape index (κ3) is 4.06. The Bertz CT molecular complexity index is 1550. The van der Waals surface area contributed by atoms with Crippen LogP contribution in [0.1, 0.15) is 16.1 Å². The lowest BCUT2D eigenvalue weighted by atomic mass is 10.1. The van der Waals surface area contributed by atoms with E-state index in [0.717, 1.165) is 16.9 Å². The van der Waals surface area contributed by atoms with Gasteiger partial charge in [-0.25, -0.2) is 14.6 Å². The molecule has 2 unspecified atom stereocenters. The van der Waals surface area contributed by atoms with Gasteiger partial charge in [-0.05, 0) is 64.9 Å². The molecule has 0 bridgehead atoms. The van der Waals surface area contributed by atoms with E-state index in [0.29, 0.717) is 21.4 Å². The fourth-order valence-corrected chi connectivity index (χ4v) is 6.78. The molecule has 36 heavy (non-hydrogen) atoms. The van der Waals surface area contributed by atoms with Crippen molar-refractivity contribution in [3.63, 3.8) is 0 Å². The molecular weight excluding hydrogens is 650 g/mol. The Morgan fingerprint density at radius 1 is 1.14 bits per heavy atom. The number of carbonyl (C=O) groups is 1. The number of carbonyl (C=O) groups excluding carboxylic acids is 1. The molecule has 0 radical (unpaired) electrons. The highest BCUT2D eigenvalue weighted by atomic mass is 79.9. The normalized spacial score (nSPS) is 18.5. The van der Waals surface area contributed by atoms with Crippen LogP contribution in [-0.2, 0) is 11.8 Å². The largest absolute Gasteiger partial charge is 0.338 e. The lowest BCUT2D eigenvalue weighted by Gasteiger charge is -2.26. The van der Waals surface area contributed by atoms with Crippen LogP contribution in [0, 0.1) is 6.92 Å². The zero-order valence-corrected chi connectivity index (χ0v) is 24.5. The SMILES string of the molecule is Cc1c(-c2csc(N3C(=O)C(Br)(C(Br)c4ccc(Cl)cc4)NC3=S)n2)c(=O)n(-c2ccccc2)n1C. The zero-order chi connectivity index (χ0) is 25.8. The Hall–Kier alpha value is -2.31. The molecule has 0 spiro atoms. The van der Waals surface area contributed by atoms with E-state index < -0.39 is 9.28 Å². The van der Waals surface area contributed by atoms with Crippen LogP contribution in [0.5, 0.6) is 0 Å². The molecule has 1 amide bonds. The van der Waals surface area contributed by atoms with Crippen molar-refractivity contribution in [1.82, 2.24) is 19.7 Å². The summed E-state index contributed by atoms with van der Waals surface area (Å²) < 4.78 is 2.17. The quantitative estimate of drug-likeness (QED) is 0.168. The van der Waals surface area contributed by atoms with Gasteiger partial charge < -0.3 is 5.32 Å². The molecule has 0 aliphatic carbocycles. The maximum Gasteiger partial charge on any atom is 0.281 e. The number of thiazole rings is 1. The second-order valence-electron chi connectivity index (χ2n) is 8.15. The van der Waals surface area contributed by atoms with Crippen molar-refractivity contribution in [2.75, 3.05) is 4.90 Å². The number of hydrogen-bond acceptors (Lipinski definition) is 5. The molecule has 2 aromatic heterocycles. The van der Waals surface area contributed by atoms with E-state index in [1.54, 1.807) is 26.9 Å². The topological polar surface area (TPSA) is 72.2 Å². The van der Waals surface area contributed by atoms with Crippen molar-refractivity contribution in [2.45, 2.75) is 16.2 Å². The first-order valence-corrected chi connectivity index (χ1v) is 14.1. The van der Waals surface area contributed by atoms with E-state index in [1.165, 1.54) is 16.2 Å². The summed E-state index contributed by atoms with van der Waals surface area (Å²) in [5.41, 5.74) is 3.11. The first-order valence-electron chi connectivity index (χ1n) is 10.7. The Balaban J connectivity index is 1.50. The van der Waals surface area contributed by atoms with Crippen LogP contribution in [0.25, 0.3) is 16.9 Å². The molecule has 1 aliphatic rings. The number of para-hydroxylation sites is 1. The number of amides is 1. The summed E-state index contributed by atoms with van der Waals surface area (Å²) in [6, 6.07) is 16.6. The molecule has 1 saturated heterocycles. The average molecular weight is 668 g/mol. The summed E-state index contributed by atoms with van der Waals surface area (Å²) in [7, 11) is 1.83. The van der Waals surface area contributed by atoms with E-state index in [2.05, 4.69) is 42.2 Å². The molecule has 3 heterocycles. The minimum absolute atomic E-state index is 0.190. The van der Waals surface area contributed by atoms with E-state index >= 15 is 0 Å². The Morgan fingerprint density at radius 3 is 2.47 bits per heavy atom. The number of aromatic nitrogens is 3. The second-order valence-corrected chi connectivity index (χ2v) is 12.0. The predicted octanol–water partition coefficient (Wildman–Crippen LogP) is 5.71. The van der Waals surface area contributed by atoms with Gasteiger partial charge in [-0.2, -0.15) is 0 Å². The maximum atomic E-state index is 13.6. The number of thiocarbonyl (C=S) groups is 1. The van der Waals surface area contributed by atoms with Crippen LogP contribution in [-0.4, -0.2) is 29.8 Å². The lowest BCUT2D eigenvalue weighted by Crippen LogP contribution is -2.44. The lowest BCUT2D eigenvalue weighted by molar-refractivity contribution is -0.119. The molecule has 7 nitrogen and oxygen atoms in total. The minimum Gasteiger partial charge on any atom is -0.338 e. The third-order valence-corrected chi connectivity index (χ3v) is 10.2. The monoisotopic (exact) mass is 665 g/mol. The van der Waals surface area contributed by atoms with Crippen LogP contribution in [0.4, 0.5) is 5.13 Å². The molecule has 5 rings (SSSR count). The van der Waals surface area contributed by atoms with Crippen molar-refractivity contribution >= 4 is 83.2 Å². The van der Waals surface area contributed by atoms with Gasteiger partial charge in [-0.3, -0.25) is 14.3 Å². The summed E-state index contributed by atoms with van der Waals surface area (Å²) in [6.45, 7) is 1.87. The van der Waals surface area contributed by atoms with Gasteiger partial charge in [0.25, 0.3) is 11.5 Å². The summed E-state index contributed by atoms with van der Waals surface area (Å²) in [5, 5.41) is 6.04. The number of nitrogens with one attached hydrogen (secondary N) is 1. The van der Waals surface area contributed by atoms with E-state index in [9.17, 15) is 9.59 Å². The van der Waals surface area contributed by atoms with Crippen molar-refractivity contribution in [3.8, 4) is 16.9 Å². The summed E-state index contributed by atoms with van der Waals surface area (Å²) in [6.07, 6.45) is 0. The number of benzene rings is 2. The number of alkyl halides is 2. The van der Waals surface area contributed by atoms with Crippen molar-refractivity contribution in [1.29, 1.82) is 0 Å². The smallest absolute Gasteiger partial charge is 0.281 e. The molecule has 12 heteroatoms. The Labute approximate surface area is 237 Å². The predicted molar refractivity (Wildman–Crippen MR) is 155 cm³/mol. The van der Waals surface area contributed by atoms with Crippen LogP contribution in [0.3, 0.4) is 0 Å². The summed E-state index contributed by atoms with van der Waals surface area (Å²) >= 11 is 20.0. The fraction of sp³-hybridized carbons (Fsp3) is 0.167. The molecule has 2 aromatic carbocycles. The number of hydrogen-bond donors (Lipinski definition) is 1. The van der Waals surface area contributed by atoms with Gasteiger partial charge in [0, 0.05) is 23.1 Å². The van der Waals surface area contributed by atoms with Crippen LogP contribution in [0.2, 0.25) is 5.02 Å². The number of nitrogens with zero attached hydrogens (tertiary/aromatic N) is 4. The maximum absolute atomic E-state index is 13.6. The van der Waals surface area contributed by atoms with Crippen LogP contribution < -0.4 is 15.8 Å². The van der Waals surface area contributed by atoms with Gasteiger partial charge in [0.2, 0.25) is 0 Å². The van der Waals surface area contributed by atoms with Gasteiger partial charge in [0.1, 0.15) is 0 Å². The molecule has 0 saturated carbocycles. The van der Waals surface area contributed by atoms with Crippen molar-refractivity contribution < 1.29 is 4.79 Å². The Morgan fingerprint density at radius 2 is 1.81 bits per heavy atom. The van der Waals surface area contributed by atoms with Gasteiger partial charge in [-0.15, -0.1) is 11.3 Å². The fourth-order valence-electron chi connectivity index (χ4n) is 4.07. The van der Waals surface area contributed by atoms with E-state index in [1.807, 2.05) is 56.4 Å². The second kappa shape index (κ2) is 9.53. The zero-order valence-electron chi connectivity index (χ0n) is 18.9. The Kier molecular flexibility index (Phi) is 6.71. The molecular formula is C24H18Br2ClN5O2S2. The van der Waals surface area contributed by atoms with Gasteiger partial charge in [0.15, 0.2) is 14.7 Å². The first-order chi connectivity index (χ1) is 17.1. The third-order valence-electron chi connectivity index (χ3n) is 6.01. The highest BCUT2D eigenvalue weighted by Crippen LogP contribution is 2.44. The number of rotatable bonds is 5. The van der Waals surface area contributed by atoms with Crippen molar-refractivity contribution in [3.05, 3.63) is 86.6 Å². The van der Waals surface area contributed by atoms with Crippen LogP contribution in [0.15, 0.2) is 64.8 Å². The highest BCUT2D eigenvalue weighted by molar-refractivity contribution is 9.12. The minimum atomic E-state index is -1.23. The molecule has 1 N–H and O–H groups in total. The molecule has 4 aromatic rings. The summed E-state index contributed by atoms with van der Waals surface area (Å²) in [5.74, 6) is -0.322. The van der Waals surface area contributed by atoms with Gasteiger partial charge >= 0.3 is 0 Å². The average Bonchev–Trinajstić information content (AvgIpc) is 3.48. The molecule has 1 aliphatic heterocycles. The molecule has 2 atom stereocenters. The van der Waals surface area contributed by atoms with E-state index in [-0.39, 0.29) is 16.6 Å². The standard InChI is InChI=1S/C24H18Br2ClN5O2S2/c1-13-18(20(33)32(30(13)2)16-6-4-3-5-7-16)17-12-36-23(28-17)31-21(34)24(26,29-22(31)35)19(25)14-8-10-15(27)11-9-14/h3-12,19H,1-2H3,(H,29,35). The van der Waals surface area contributed by atoms with Crippen molar-refractivity contribution in [2.24, 2.45) is 7.05 Å². The highest BCUT2D eigenvalue weighted by Gasteiger charge is 2.54. The van der Waals surface area contributed by atoms with E-state index in [4.69, 9.17) is 23.8 Å². The van der Waals surface area contributed by atoms with Gasteiger partial charge in [0.05, 0.1) is 21.8 Å². The molecule has 184 valence electrons. The number of anilines is 1. The number of halogens is 3. The molecule has 1 fully saturated rings. The summed E-state index contributed by atoms with van der Waals surface area (Å²) in [4.78, 5) is 32.6. The van der Waals surface area contributed by atoms with Crippen LogP contribution >= 0.6 is 67.0 Å². The van der Waals surface area contributed by atoms with Gasteiger partial charge in [-0.1, -0.05) is 57.9 Å². The first kappa shape index (κ1) is 25.3.